The first-order valence-electron chi connectivity index (χ1n) is 6.22. The van der Waals surface area contributed by atoms with Gasteiger partial charge in [-0.05, 0) is 28.9 Å². The zero-order valence-electron chi connectivity index (χ0n) is 11.7. The van der Waals surface area contributed by atoms with Gasteiger partial charge in [0, 0.05) is 36.9 Å². The number of aromatic nitrogens is 1. The Labute approximate surface area is 130 Å². The Balaban J connectivity index is 2.95. The maximum atomic E-state index is 12.5. The topological polar surface area (TPSA) is 99.6 Å². The third-order valence-electron chi connectivity index (χ3n) is 2.82. The molecule has 0 spiro atoms. The number of carboxylic acid groups (broad SMARTS) is 1. The van der Waals surface area contributed by atoms with Crippen molar-refractivity contribution in [1.29, 1.82) is 0 Å². The van der Waals surface area contributed by atoms with E-state index >= 15 is 0 Å². The van der Waals surface area contributed by atoms with Crippen molar-refractivity contribution in [2.75, 3.05) is 13.1 Å². The summed E-state index contributed by atoms with van der Waals surface area (Å²) in [7, 11) is 0. The Morgan fingerprint density at radius 1 is 1.48 bits per heavy atom. The molecule has 21 heavy (non-hydrogen) atoms. The first-order chi connectivity index (χ1) is 9.84. The molecular weight excluding hydrogens is 342 g/mol. The molecule has 114 valence electrons. The standard InChI is InChI=1S/C13H16BrN3O4/c1-8(13(20)21)17(6-5-16-9(2)18)12(19)10-3-4-15-7-11(10)14/h3-4,7-8H,5-6H2,1-2H3,(H,16,18)(H,20,21). The molecule has 0 fully saturated rings. The highest BCUT2D eigenvalue weighted by Gasteiger charge is 2.27. The number of carbonyl (C=O) groups is 3. The minimum Gasteiger partial charge on any atom is -0.480 e. The van der Waals surface area contributed by atoms with Gasteiger partial charge >= 0.3 is 5.97 Å². The minimum absolute atomic E-state index is 0.0979. The number of carboxylic acids is 1. The molecule has 1 aromatic heterocycles. The lowest BCUT2D eigenvalue weighted by molar-refractivity contribution is -0.141. The third kappa shape index (κ3) is 4.82. The van der Waals surface area contributed by atoms with E-state index in [2.05, 4.69) is 26.2 Å². The van der Waals surface area contributed by atoms with Crippen LogP contribution < -0.4 is 5.32 Å². The third-order valence-corrected chi connectivity index (χ3v) is 3.45. The largest absolute Gasteiger partial charge is 0.480 e. The molecule has 0 aliphatic carbocycles. The first-order valence-corrected chi connectivity index (χ1v) is 7.01. The second-order valence-electron chi connectivity index (χ2n) is 4.35. The number of hydrogen-bond acceptors (Lipinski definition) is 4. The molecule has 1 aromatic rings. The van der Waals surface area contributed by atoms with Crippen LogP contribution in [0.15, 0.2) is 22.9 Å². The summed E-state index contributed by atoms with van der Waals surface area (Å²) < 4.78 is 0.483. The molecule has 2 amide bonds. The van der Waals surface area contributed by atoms with Crippen LogP contribution in [0.5, 0.6) is 0 Å². The number of hydrogen-bond donors (Lipinski definition) is 2. The normalized spacial score (nSPS) is 11.6. The molecule has 1 rings (SSSR count). The van der Waals surface area contributed by atoms with Gasteiger partial charge in [-0.15, -0.1) is 0 Å². The monoisotopic (exact) mass is 357 g/mol. The van der Waals surface area contributed by atoms with Gasteiger partial charge in [-0.3, -0.25) is 14.6 Å². The van der Waals surface area contributed by atoms with Crippen LogP contribution in [0.4, 0.5) is 0 Å². The average Bonchev–Trinajstić information content (AvgIpc) is 2.42. The average molecular weight is 358 g/mol. The van der Waals surface area contributed by atoms with E-state index in [1.807, 2.05) is 0 Å². The minimum atomic E-state index is -1.11. The fourth-order valence-corrected chi connectivity index (χ4v) is 2.08. The fourth-order valence-electron chi connectivity index (χ4n) is 1.66. The lowest BCUT2D eigenvalue weighted by atomic mass is 10.2. The van der Waals surface area contributed by atoms with Crippen molar-refractivity contribution in [3.05, 3.63) is 28.5 Å². The second kappa shape index (κ2) is 7.72. The van der Waals surface area contributed by atoms with Crippen LogP contribution in [0.3, 0.4) is 0 Å². The van der Waals surface area contributed by atoms with Crippen LogP contribution in [0.2, 0.25) is 0 Å². The number of rotatable bonds is 6. The van der Waals surface area contributed by atoms with Crippen molar-refractivity contribution in [2.24, 2.45) is 0 Å². The van der Waals surface area contributed by atoms with Crippen molar-refractivity contribution >= 4 is 33.7 Å². The number of nitrogens with one attached hydrogen (secondary N) is 1. The van der Waals surface area contributed by atoms with E-state index in [1.54, 1.807) is 0 Å². The predicted octanol–water partition coefficient (Wildman–Crippen LogP) is 0.895. The van der Waals surface area contributed by atoms with Gasteiger partial charge in [-0.1, -0.05) is 0 Å². The van der Waals surface area contributed by atoms with Gasteiger partial charge in [-0.25, -0.2) is 4.79 Å². The fraction of sp³-hybridized carbons (Fsp3) is 0.385. The van der Waals surface area contributed by atoms with Crippen molar-refractivity contribution < 1.29 is 19.5 Å². The van der Waals surface area contributed by atoms with E-state index in [4.69, 9.17) is 5.11 Å². The lowest BCUT2D eigenvalue weighted by Crippen LogP contribution is -2.46. The van der Waals surface area contributed by atoms with Gasteiger partial charge in [0.15, 0.2) is 0 Å². The van der Waals surface area contributed by atoms with Crippen LogP contribution in [0.1, 0.15) is 24.2 Å². The van der Waals surface area contributed by atoms with Crippen molar-refractivity contribution in [2.45, 2.75) is 19.9 Å². The molecule has 0 aliphatic heterocycles. The highest BCUT2D eigenvalue weighted by atomic mass is 79.9. The molecule has 0 saturated carbocycles. The van der Waals surface area contributed by atoms with Gasteiger partial charge in [0.25, 0.3) is 5.91 Å². The summed E-state index contributed by atoms with van der Waals surface area (Å²) in [6, 6.07) is 0.498. The summed E-state index contributed by atoms with van der Waals surface area (Å²) in [4.78, 5) is 39.6. The number of halogens is 1. The molecule has 0 bridgehead atoms. The lowest BCUT2D eigenvalue weighted by Gasteiger charge is -2.27. The van der Waals surface area contributed by atoms with Gasteiger partial charge in [0.05, 0.1) is 5.56 Å². The maximum absolute atomic E-state index is 12.5. The molecule has 7 nitrogen and oxygen atoms in total. The smallest absolute Gasteiger partial charge is 0.326 e. The van der Waals surface area contributed by atoms with Crippen molar-refractivity contribution in [1.82, 2.24) is 15.2 Å². The Morgan fingerprint density at radius 3 is 2.67 bits per heavy atom. The van der Waals surface area contributed by atoms with Crippen LogP contribution in [-0.4, -0.2) is 51.9 Å². The molecule has 8 heteroatoms. The summed E-state index contributed by atoms with van der Waals surface area (Å²) in [5.41, 5.74) is 0.320. The second-order valence-corrected chi connectivity index (χ2v) is 5.21. The van der Waals surface area contributed by atoms with Gasteiger partial charge < -0.3 is 15.3 Å². The van der Waals surface area contributed by atoms with Crippen LogP contribution in [0, 0.1) is 0 Å². The summed E-state index contributed by atoms with van der Waals surface area (Å²) in [6.07, 6.45) is 2.92. The van der Waals surface area contributed by atoms with E-state index in [9.17, 15) is 14.4 Å². The van der Waals surface area contributed by atoms with Gasteiger partial charge in [0.1, 0.15) is 6.04 Å². The van der Waals surface area contributed by atoms with Crippen LogP contribution in [0.25, 0.3) is 0 Å². The molecule has 0 saturated heterocycles. The van der Waals surface area contributed by atoms with Crippen LogP contribution >= 0.6 is 15.9 Å². The molecule has 0 aromatic carbocycles. The van der Waals surface area contributed by atoms with Crippen molar-refractivity contribution in [3.8, 4) is 0 Å². The van der Waals surface area contributed by atoms with Crippen LogP contribution in [-0.2, 0) is 9.59 Å². The predicted molar refractivity (Wildman–Crippen MR) is 78.8 cm³/mol. The highest BCUT2D eigenvalue weighted by Crippen LogP contribution is 2.17. The van der Waals surface area contributed by atoms with E-state index in [0.29, 0.717) is 10.0 Å². The number of nitrogens with zero attached hydrogens (tertiary/aromatic N) is 2. The molecule has 1 unspecified atom stereocenters. The molecular formula is C13H16BrN3O4. The Kier molecular flexibility index (Phi) is 6.29. The number of aliphatic carboxylic acids is 1. The SMILES string of the molecule is CC(=O)NCCN(C(=O)c1ccncc1Br)C(C)C(=O)O. The molecule has 0 radical (unpaired) electrons. The maximum Gasteiger partial charge on any atom is 0.326 e. The number of pyridine rings is 1. The number of carbonyl (C=O) groups excluding carboxylic acids is 2. The first kappa shape index (κ1) is 17.1. The van der Waals surface area contributed by atoms with Crippen molar-refractivity contribution in [3.63, 3.8) is 0 Å². The van der Waals surface area contributed by atoms with E-state index in [1.165, 1.54) is 37.2 Å². The Bertz CT molecular complexity index is 550. The summed E-state index contributed by atoms with van der Waals surface area (Å²) in [5.74, 6) is -1.80. The summed E-state index contributed by atoms with van der Waals surface area (Å²) in [5, 5.41) is 11.7. The zero-order valence-corrected chi connectivity index (χ0v) is 13.3. The van der Waals surface area contributed by atoms with Gasteiger partial charge in [-0.2, -0.15) is 0 Å². The molecule has 2 N–H and O–H groups in total. The molecule has 1 atom stereocenters. The van der Waals surface area contributed by atoms with E-state index in [0.717, 1.165) is 0 Å². The van der Waals surface area contributed by atoms with Gasteiger partial charge in [0.2, 0.25) is 5.91 Å². The quantitative estimate of drug-likeness (QED) is 0.787. The Hall–Kier alpha value is -1.96. The Morgan fingerprint density at radius 2 is 2.14 bits per heavy atom. The molecule has 1 heterocycles. The van der Waals surface area contributed by atoms with E-state index < -0.39 is 17.9 Å². The molecule has 0 aliphatic rings. The summed E-state index contributed by atoms with van der Waals surface area (Å²) >= 11 is 3.22. The number of amides is 2. The zero-order chi connectivity index (χ0) is 16.0. The van der Waals surface area contributed by atoms with E-state index in [-0.39, 0.29) is 19.0 Å². The highest BCUT2D eigenvalue weighted by molar-refractivity contribution is 9.10. The summed E-state index contributed by atoms with van der Waals surface area (Å²) in [6.45, 7) is 3.05.